The maximum absolute atomic E-state index is 12.0. The van der Waals surface area contributed by atoms with E-state index < -0.39 is 22.4 Å². The minimum absolute atomic E-state index is 0.500. The molecule has 0 aliphatic heterocycles. The van der Waals surface area contributed by atoms with Gasteiger partial charge in [-0.1, -0.05) is 32.8 Å². The number of nitro groups is 1. The molecule has 0 fully saturated rings. The summed E-state index contributed by atoms with van der Waals surface area (Å²) in [6.07, 6.45) is -1.90. The Morgan fingerprint density at radius 2 is 1.76 bits per heavy atom. The summed E-state index contributed by atoms with van der Waals surface area (Å²) < 4.78 is 36.0. The molecule has 0 atom stereocenters. The smallest absolute Gasteiger partial charge is 0.258 e. The number of nitro benzene ring substituents is 1. The van der Waals surface area contributed by atoms with Crippen LogP contribution >= 0.6 is 0 Å². The number of halogens is 3. The van der Waals surface area contributed by atoms with Gasteiger partial charge in [0.1, 0.15) is 0 Å². The van der Waals surface area contributed by atoms with Gasteiger partial charge >= 0.3 is 6.18 Å². The molecule has 1 rings (SSSR count). The highest BCUT2D eigenvalue weighted by molar-refractivity contribution is 5.35. The van der Waals surface area contributed by atoms with E-state index in [2.05, 4.69) is 13.8 Å². The van der Waals surface area contributed by atoms with Crippen LogP contribution in [-0.2, 0) is 6.18 Å². The molecule has 0 spiro atoms. The highest BCUT2D eigenvalue weighted by Gasteiger charge is 2.31. The van der Waals surface area contributed by atoms with Crippen molar-refractivity contribution in [3.8, 4) is 0 Å². The Kier molecular flexibility index (Phi) is 6.23. The van der Waals surface area contributed by atoms with E-state index in [1.165, 1.54) is 12.8 Å². The van der Waals surface area contributed by atoms with Crippen LogP contribution in [-0.4, -0.2) is 4.92 Å². The zero-order valence-corrected chi connectivity index (χ0v) is 9.62. The lowest BCUT2D eigenvalue weighted by atomic mass is 10.2. The van der Waals surface area contributed by atoms with E-state index in [4.69, 9.17) is 0 Å². The fourth-order valence-corrected chi connectivity index (χ4v) is 0.796. The van der Waals surface area contributed by atoms with Crippen molar-refractivity contribution in [2.24, 2.45) is 0 Å². The van der Waals surface area contributed by atoms with Crippen LogP contribution < -0.4 is 0 Å². The molecule has 6 heteroatoms. The highest BCUT2D eigenvalue weighted by atomic mass is 19.4. The predicted molar refractivity (Wildman–Crippen MR) is 58.7 cm³/mol. The lowest BCUT2D eigenvalue weighted by molar-refractivity contribution is -0.385. The highest BCUT2D eigenvalue weighted by Crippen LogP contribution is 2.30. The van der Waals surface area contributed by atoms with Gasteiger partial charge in [0, 0.05) is 12.1 Å². The van der Waals surface area contributed by atoms with E-state index in [1.54, 1.807) is 0 Å². The lowest BCUT2D eigenvalue weighted by Gasteiger charge is -2.04. The van der Waals surface area contributed by atoms with Crippen LogP contribution in [0.15, 0.2) is 24.3 Å². The first-order chi connectivity index (χ1) is 7.82. The van der Waals surface area contributed by atoms with Crippen LogP contribution in [0.4, 0.5) is 18.9 Å². The van der Waals surface area contributed by atoms with Crippen molar-refractivity contribution in [1.29, 1.82) is 0 Å². The van der Waals surface area contributed by atoms with Crippen molar-refractivity contribution in [2.45, 2.75) is 32.9 Å². The molecule has 0 aliphatic carbocycles. The average Bonchev–Trinajstić information content (AvgIpc) is 2.28. The average molecular weight is 249 g/mol. The summed E-state index contributed by atoms with van der Waals surface area (Å²) in [5.74, 6) is 0. The SMILES string of the molecule is CCCC.O=[N+]([O-])c1cccc(C(F)(F)F)c1. The zero-order valence-electron chi connectivity index (χ0n) is 9.62. The largest absolute Gasteiger partial charge is 0.416 e. The van der Waals surface area contributed by atoms with E-state index in [9.17, 15) is 23.3 Å². The molecule has 0 radical (unpaired) electrons. The fourth-order valence-electron chi connectivity index (χ4n) is 0.796. The van der Waals surface area contributed by atoms with E-state index in [0.717, 1.165) is 18.2 Å². The van der Waals surface area contributed by atoms with Crippen molar-refractivity contribution in [3.63, 3.8) is 0 Å². The molecular formula is C11H14F3NO2. The van der Waals surface area contributed by atoms with Crippen molar-refractivity contribution >= 4 is 5.69 Å². The molecule has 0 aliphatic rings. The first kappa shape index (κ1) is 15.4. The van der Waals surface area contributed by atoms with Crippen LogP contribution in [0.2, 0.25) is 0 Å². The molecule has 1 aromatic carbocycles. The van der Waals surface area contributed by atoms with Crippen LogP contribution in [0.5, 0.6) is 0 Å². The summed E-state index contributed by atoms with van der Waals surface area (Å²) in [6.45, 7) is 4.36. The molecule has 3 nitrogen and oxygen atoms in total. The molecule has 17 heavy (non-hydrogen) atoms. The van der Waals surface area contributed by atoms with Gasteiger partial charge in [0.2, 0.25) is 0 Å². The Balaban J connectivity index is 0.000000557. The number of hydrogen-bond donors (Lipinski definition) is 0. The van der Waals surface area contributed by atoms with Gasteiger partial charge in [-0.15, -0.1) is 0 Å². The van der Waals surface area contributed by atoms with Crippen molar-refractivity contribution in [3.05, 3.63) is 39.9 Å². The summed E-state index contributed by atoms with van der Waals surface area (Å²) in [5, 5.41) is 10.1. The van der Waals surface area contributed by atoms with Crippen LogP contribution in [0, 0.1) is 10.1 Å². The summed E-state index contributed by atoms with van der Waals surface area (Å²) in [7, 11) is 0. The van der Waals surface area contributed by atoms with Gasteiger partial charge in [-0.25, -0.2) is 0 Å². The molecule has 0 aromatic heterocycles. The van der Waals surface area contributed by atoms with Crippen LogP contribution in [0.3, 0.4) is 0 Å². The van der Waals surface area contributed by atoms with Gasteiger partial charge in [-0.05, 0) is 6.07 Å². The fraction of sp³-hybridized carbons (Fsp3) is 0.455. The minimum Gasteiger partial charge on any atom is -0.258 e. The molecule has 0 bridgehead atoms. The normalized spacial score (nSPS) is 10.4. The van der Waals surface area contributed by atoms with Gasteiger partial charge in [-0.3, -0.25) is 10.1 Å². The van der Waals surface area contributed by atoms with Gasteiger partial charge in [0.15, 0.2) is 0 Å². The van der Waals surface area contributed by atoms with Crippen molar-refractivity contribution in [1.82, 2.24) is 0 Å². The summed E-state index contributed by atoms with van der Waals surface area (Å²) >= 11 is 0. The van der Waals surface area contributed by atoms with E-state index >= 15 is 0 Å². The monoisotopic (exact) mass is 249 g/mol. The lowest BCUT2D eigenvalue weighted by Crippen LogP contribution is -2.04. The number of rotatable bonds is 2. The third-order valence-electron chi connectivity index (χ3n) is 1.88. The Morgan fingerprint density at radius 3 is 2.12 bits per heavy atom. The summed E-state index contributed by atoms with van der Waals surface area (Å²) in [6, 6.07) is 3.29. The molecular weight excluding hydrogens is 235 g/mol. The number of unbranched alkanes of at least 4 members (excludes halogenated alkanes) is 1. The quantitative estimate of drug-likeness (QED) is 0.575. The zero-order chi connectivity index (χ0) is 13.5. The molecule has 0 heterocycles. The van der Waals surface area contributed by atoms with Gasteiger partial charge in [-0.2, -0.15) is 13.2 Å². The second-order valence-corrected chi connectivity index (χ2v) is 3.31. The van der Waals surface area contributed by atoms with E-state index in [1.807, 2.05) is 0 Å². The first-order valence-corrected chi connectivity index (χ1v) is 5.14. The number of alkyl halides is 3. The Labute approximate surface area is 97.4 Å². The van der Waals surface area contributed by atoms with E-state index in [-0.39, 0.29) is 0 Å². The molecule has 0 saturated carbocycles. The predicted octanol–water partition coefficient (Wildman–Crippen LogP) is 4.42. The van der Waals surface area contributed by atoms with Gasteiger partial charge in [0.25, 0.3) is 5.69 Å². The van der Waals surface area contributed by atoms with Crippen LogP contribution in [0.25, 0.3) is 0 Å². The molecule has 0 amide bonds. The third-order valence-corrected chi connectivity index (χ3v) is 1.88. The molecule has 0 unspecified atom stereocenters. The van der Waals surface area contributed by atoms with Crippen molar-refractivity contribution < 1.29 is 18.1 Å². The Morgan fingerprint density at radius 1 is 1.24 bits per heavy atom. The molecule has 0 saturated heterocycles. The number of non-ortho nitro benzene ring substituents is 1. The molecule has 1 aromatic rings. The van der Waals surface area contributed by atoms with Gasteiger partial charge in [0.05, 0.1) is 10.5 Å². The minimum atomic E-state index is -4.54. The number of benzene rings is 1. The van der Waals surface area contributed by atoms with Gasteiger partial charge < -0.3 is 0 Å². The number of hydrogen-bond acceptors (Lipinski definition) is 2. The Hall–Kier alpha value is -1.59. The topological polar surface area (TPSA) is 43.1 Å². The van der Waals surface area contributed by atoms with Crippen LogP contribution in [0.1, 0.15) is 32.3 Å². The standard InChI is InChI=1S/C7H4F3NO2.C4H10/c8-7(9,10)5-2-1-3-6(4-5)11(12)13;1-3-4-2/h1-4H;3-4H2,1-2H3. The first-order valence-electron chi connectivity index (χ1n) is 5.14. The molecule has 96 valence electrons. The Bertz CT molecular complexity index is 362. The molecule has 0 N–H and O–H groups in total. The maximum Gasteiger partial charge on any atom is 0.416 e. The van der Waals surface area contributed by atoms with Crippen molar-refractivity contribution in [2.75, 3.05) is 0 Å². The third kappa shape index (κ3) is 5.89. The maximum atomic E-state index is 12.0. The van der Waals surface area contributed by atoms with E-state index in [0.29, 0.717) is 6.07 Å². The second-order valence-electron chi connectivity index (χ2n) is 3.31. The summed E-state index contributed by atoms with van der Waals surface area (Å²) in [5.41, 5.74) is -1.57. The number of nitrogens with zero attached hydrogens (tertiary/aromatic N) is 1. The second kappa shape index (κ2) is 6.88. The summed E-state index contributed by atoms with van der Waals surface area (Å²) in [4.78, 5) is 9.25.